The van der Waals surface area contributed by atoms with Crippen molar-refractivity contribution in [2.75, 3.05) is 6.61 Å². The van der Waals surface area contributed by atoms with Gasteiger partial charge >= 0.3 is 5.97 Å². The molecular weight excluding hydrogens is 314 g/mol. The van der Waals surface area contributed by atoms with Crippen molar-refractivity contribution in [3.8, 4) is 0 Å². The van der Waals surface area contributed by atoms with E-state index in [1.807, 2.05) is 0 Å². The van der Waals surface area contributed by atoms with E-state index in [1.165, 1.54) is 6.26 Å². The highest BCUT2D eigenvalue weighted by Gasteiger charge is 2.15. The van der Waals surface area contributed by atoms with Crippen molar-refractivity contribution in [1.29, 1.82) is 0 Å². The lowest BCUT2D eigenvalue weighted by Crippen LogP contribution is -2.28. The summed E-state index contributed by atoms with van der Waals surface area (Å²) in [5.74, 6) is -1.05. The van der Waals surface area contributed by atoms with Crippen LogP contribution >= 0.6 is 0 Å². The average molecular weight is 327 g/mol. The van der Waals surface area contributed by atoms with Crippen LogP contribution in [0.1, 0.15) is 16.3 Å². The van der Waals surface area contributed by atoms with E-state index < -0.39 is 18.5 Å². The summed E-state index contributed by atoms with van der Waals surface area (Å²) >= 11 is 0. The van der Waals surface area contributed by atoms with Crippen molar-refractivity contribution in [2.24, 2.45) is 0 Å². The first-order chi connectivity index (χ1) is 11.6. The minimum Gasteiger partial charge on any atom is -0.467 e. The van der Waals surface area contributed by atoms with Crippen LogP contribution in [0.4, 0.5) is 0 Å². The average Bonchev–Trinajstić information content (AvgIpc) is 3.11. The predicted octanol–water partition coefficient (Wildman–Crippen LogP) is 1.86. The summed E-state index contributed by atoms with van der Waals surface area (Å²) in [5, 5.41) is 2.90. The normalized spacial score (nSPS) is 10.5. The third kappa shape index (κ3) is 3.52. The molecule has 24 heavy (non-hydrogen) atoms. The first-order valence-electron chi connectivity index (χ1n) is 7.12. The molecule has 0 aliphatic heterocycles. The lowest BCUT2D eigenvalue weighted by atomic mass is 10.2. The van der Waals surface area contributed by atoms with Crippen LogP contribution in [0.5, 0.6) is 0 Å². The smallest absolute Gasteiger partial charge is 0.374 e. The molecule has 7 heteroatoms. The van der Waals surface area contributed by atoms with Gasteiger partial charge in [0.15, 0.2) is 12.0 Å². The third-order valence-electron chi connectivity index (χ3n) is 3.21. The van der Waals surface area contributed by atoms with Gasteiger partial charge in [0.05, 0.1) is 18.2 Å². The van der Waals surface area contributed by atoms with Gasteiger partial charge in [-0.1, -0.05) is 12.1 Å². The van der Waals surface area contributed by atoms with E-state index in [0.717, 1.165) is 6.07 Å². The zero-order valence-corrected chi connectivity index (χ0v) is 12.5. The molecule has 1 aromatic carbocycles. The molecular formula is C17H13NO6. The minimum atomic E-state index is -0.883. The Kier molecular flexibility index (Phi) is 4.42. The maximum Gasteiger partial charge on any atom is 0.374 e. The standard InChI is InChI=1S/C17H13NO6/c19-13-8-15(24-14-6-2-1-5-12(13)14)17(21)23-10-16(20)18-9-11-4-3-7-22-11/h1-8H,9-10H2,(H,18,20). The van der Waals surface area contributed by atoms with E-state index in [-0.39, 0.29) is 23.3 Å². The molecule has 0 aliphatic rings. The first-order valence-corrected chi connectivity index (χ1v) is 7.12. The maximum absolute atomic E-state index is 11.9. The minimum absolute atomic E-state index is 0.189. The number of carbonyl (C=O) groups is 2. The highest BCUT2D eigenvalue weighted by atomic mass is 16.5. The lowest BCUT2D eigenvalue weighted by molar-refractivity contribution is -0.124. The summed E-state index contributed by atoms with van der Waals surface area (Å²) in [6.45, 7) is -0.301. The van der Waals surface area contributed by atoms with Crippen molar-refractivity contribution in [1.82, 2.24) is 5.32 Å². The Hall–Kier alpha value is -3.35. The van der Waals surface area contributed by atoms with E-state index >= 15 is 0 Å². The number of hydrogen-bond donors (Lipinski definition) is 1. The van der Waals surface area contributed by atoms with Crippen molar-refractivity contribution in [3.05, 3.63) is 70.5 Å². The fourth-order valence-electron chi connectivity index (χ4n) is 2.06. The number of fused-ring (bicyclic) bond motifs is 1. The summed E-state index contributed by atoms with van der Waals surface area (Å²) in [6.07, 6.45) is 1.49. The predicted molar refractivity (Wildman–Crippen MR) is 83.3 cm³/mol. The maximum atomic E-state index is 11.9. The van der Waals surface area contributed by atoms with Crippen molar-refractivity contribution >= 4 is 22.8 Å². The summed E-state index contributed by atoms with van der Waals surface area (Å²) in [7, 11) is 0. The number of para-hydroxylation sites is 1. The van der Waals surface area contributed by atoms with E-state index in [9.17, 15) is 14.4 Å². The number of nitrogens with one attached hydrogen (secondary N) is 1. The van der Waals surface area contributed by atoms with Gasteiger partial charge in [0.1, 0.15) is 11.3 Å². The molecule has 0 saturated heterocycles. The number of rotatable bonds is 5. The molecule has 0 fully saturated rings. The van der Waals surface area contributed by atoms with Gasteiger partial charge in [-0.2, -0.15) is 0 Å². The summed E-state index contributed by atoms with van der Waals surface area (Å²) in [5.41, 5.74) is -0.0784. The van der Waals surface area contributed by atoms with Crippen LogP contribution in [-0.2, 0) is 16.1 Å². The van der Waals surface area contributed by atoms with Gasteiger partial charge in [0.2, 0.25) is 5.76 Å². The summed E-state index contributed by atoms with van der Waals surface area (Å²) in [6, 6.07) is 11.0. The molecule has 0 aliphatic carbocycles. The molecule has 2 aromatic heterocycles. The zero-order valence-electron chi connectivity index (χ0n) is 12.5. The van der Waals surface area contributed by atoms with Crippen molar-refractivity contribution < 1.29 is 23.2 Å². The monoisotopic (exact) mass is 327 g/mol. The molecule has 3 rings (SSSR count). The third-order valence-corrected chi connectivity index (χ3v) is 3.21. The van der Waals surface area contributed by atoms with Crippen LogP contribution in [0.15, 0.2) is 62.4 Å². The largest absolute Gasteiger partial charge is 0.467 e. The molecule has 0 saturated carbocycles. The molecule has 7 nitrogen and oxygen atoms in total. The number of carbonyl (C=O) groups excluding carboxylic acids is 2. The second-order valence-electron chi connectivity index (χ2n) is 4.90. The van der Waals surface area contributed by atoms with Crippen LogP contribution < -0.4 is 10.7 Å². The van der Waals surface area contributed by atoms with Crippen LogP contribution in [0.25, 0.3) is 11.0 Å². The Bertz CT molecular complexity index is 926. The van der Waals surface area contributed by atoms with E-state index in [1.54, 1.807) is 36.4 Å². The molecule has 122 valence electrons. The molecule has 0 spiro atoms. The highest BCUT2D eigenvalue weighted by Crippen LogP contribution is 2.12. The quantitative estimate of drug-likeness (QED) is 0.718. The van der Waals surface area contributed by atoms with E-state index in [4.69, 9.17) is 13.6 Å². The van der Waals surface area contributed by atoms with Crippen LogP contribution in [0.3, 0.4) is 0 Å². The van der Waals surface area contributed by atoms with Gasteiger partial charge in [-0.15, -0.1) is 0 Å². The van der Waals surface area contributed by atoms with Crippen LogP contribution in [-0.4, -0.2) is 18.5 Å². The van der Waals surface area contributed by atoms with Crippen LogP contribution in [0.2, 0.25) is 0 Å². The number of hydrogen-bond acceptors (Lipinski definition) is 6. The lowest BCUT2D eigenvalue weighted by Gasteiger charge is -2.05. The van der Waals surface area contributed by atoms with Crippen molar-refractivity contribution in [2.45, 2.75) is 6.54 Å². The Morgan fingerprint density at radius 1 is 1.12 bits per heavy atom. The Morgan fingerprint density at radius 3 is 2.75 bits per heavy atom. The second-order valence-corrected chi connectivity index (χ2v) is 4.90. The summed E-state index contributed by atoms with van der Waals surface area (Å²) in [4.78, 5) is 35.5. The number of furan rings is 1. The van der Waals surface area contributed by atoms with Gasteiger partial charge in [-0.05, 0) is 24.3 Å². The molecule has 3 aromatic rings. The van der Waals surface area contributed by atoms with Gasteiger partial charge in [0.25, 0.3) is 5.91 Å². The fourth-order valence-corrected chi connectivity index (χ4v) is 2.06. The fraction of sp³-hybridized carbons (Fsp3) is 0.118. The molecule has 0 atom stereocenters. The number of ether oxygens (including phenoxy) is 1. The first kappa shape index (κ1) is 15.5. The highest BCUT2D eigenvalue weighted by molar-refractivity contribution is 5.90. The molecule has 1 amide bonds. The Labute approximate surface area is 135 Å². The Morgan fingerprint density at radius 2 is 1.96 bits per heavy atom. The zero-order chi connectivity index (χ0) is 16.9. The summed E-state index contributed by atoms with van der Waals surface area (Å²) < 4.78 is 15.2. The molecule has 0 unspecified atom stereocenters. The van der Waals surface area contributed by atoms with Gasteiger partial charge in [-0.3, -0.25) is 9.59 Å². The Balaban J connectivity index is 1.60. The van der Waals surface area contributed by atoms with Gasteiger partial charge in [0, 0.05) is 6.07 Å². The molecule has 2 heterocycles. The number of esters is 1. The SMILES string of the molecule is O=C(COC(=O)c1cc(=O)c2ccccc2o1)NCc1ccco1. The second kappa shape index (κ2) is 6.82. The van der Waals surface area contributed by atoms with Gasteiger partial charge in [-0.25, -0.2) is 4.79 Å². The molecule has 0 radical (unpaired) electrons. The van der Waals surface area contributed by atoms with E-state index in [0.29, 0.717) is 11.1 Å². The topological polar surface area (TPSA) is 98.8 Å². The van der Waals surface area contributed by atoms with Crippen molar-refractivity contribution in [3.63, 3.8) is 0 Å². The molecule has 1 N–H and O–H groups in total. The van der Waals surface area contributed by atoms with Crippen LogP contribution in [0, 0.1) is 0 Å². The number of amides is 1. The number of benzene rings is 1. The van der Waals surface area contributed by atoms with E-state index in [2.05, 4.69) is 5.32 Å². The molecule has 0 bridgehead atoms. The van der Waals surface area contributed by atoms with Gasteiger partial charge < -0.3 is 18.9 Å².